The van der Waals surface area contributed by atoms with Gasteiger partial charge in [0, 0.05) is 5.56 Å². The van der Waals surface area contributed by atoms with Crippen molar-refractivity contribution in [2.75, 3.05) is 7.11 Å². The van der Waals surface area contributed by atoms with Gasteiger partial charge in [-0.15, -0.1) is 0 Å². The minimum atomic E-state index is -0.389. The summed E-state index contributed by atoms with van der Waals surface area (Å²) in [7, 11) is 1.34. The van der Waals surface area contributed by atoms with Gasteiger partial charge in [0.2, 0.25) is 0 Å². The maximum Gasteiger partial charge on any atom is 0.337 e. The van der Waals surface area contributed by atoms with Gasteiger partial charge in [0.05, 0.1) is 24.1 Å². The fraction of sp³-hybridized carbons (Fsp3) is 0.188. The zero-order valence-electron chi connectivity index (χ0n) is 12.2. The van der Waals surface area contributed by atoms with E-state index in [0.29, 0.717) is 11.3 Å². The lowest BCUT2D eigenvalue weighted by Crippen LogP contribution is -2.01. The largest absolute Gasteiger partial charge is 0.465 e. The fourth-order valence-electron chi connectivity index (χ4n) is 1.92. The summed E-state index contributed by atoms with van der Waals surface area (Å²) in [6.07, 6.45) is 1.72. The summed E-state index contributed by atoms with van der Waals surface area (Å²) < 4.78 is 10.2. The number of rotatable bonds is 4. The zero-order chi connectivity index (χ0) is 15.4. The number of carbonyl (C=O) groups is 1. The van der Waals surface area contributed by atoms with E-state index in [4.69, 9.17) is 4.74 Å². The van der Waals surface area contributed by atoms with Crippen LogP contribution in [-0.4, -0.2) is 23.0 Å². The Balaban J connectivity index is 2.22. The van der Waals surface area contributed by atoms with Crippen LogP contribution in [0.15, 0.2) is 30.8 Å². The van der Waals surface area contributed by atoms with E-state index in [1.807, 2.05) is 13.8 Å². The van der Waals surface area contributed by atoms with E-state index in [0.717, 1.165) is 17.0 Å². The Morgan fingerprint density at radius 1 is 1.14 bits per heavy atom. The third-order valence-electron chi connectivity index (χ3n) is 2.99. The molecule has 0 aliphatic heterocycles. The number of hydrogen-bond donors (Lipinski definition) is 0. The highest BCUT2D eigenvalue weighted by Gasteiger charge is 2.09. The Labute approximate surface area is 123 Å². The van der Waals surface area contributed by atoms with Crippen LogP contribution in [0.4, 0.5) is 0 Å². The molecule has 2 aromatic rings. The monoisotopic (exact) mass is 284 g/mol. The van der Waals surface area contributed by atoms with E-state index in [9.17, 15) is 4.79 Å². The topological polar surface area (TPSA) is 61.3 Å². The summed E-state index contributed by atoms with van der Waals surface area (Å²) in [5.41, 5.74) is 2.97. The molecule has 0 unspecified atom stereocenters. The second kappa shape index (κ2) is 6.17. The van der Waals surface area contributed by atoms with Crippen LogP contribution in [0, 0.1) is 13.8 Å². The lowest BCUT2D eigenvalue weighted by atomic mass is 10.2. The maximum atomic E-state index is 11.3. The van der Waals surface area contributed by atoms with Crippen molar-refractivity contribution in [2.45, 2.75) is 13.8 Å². The first kappa shape index (κ1) is 14.7. The Hall–Kier alpha value is -2.69. The van der Waals surface area contributed by atoms with E-state index in [-0.39, 0.29) is 12.0 Å². The predicted octanol–water partition coefficient (Wildman–Crippen LogP) is 3.32. The number of esters is 1. The first-order chi connectivity index (χ1) is 10.0. The molecule has 0 N–H and O–H groups in total. The highest BCUT2D eigenvalue weighted by atomic mass is 16.5. The second-order valence-electron chi connectivity index (χ2n) is 4.41. The van der Waals surface area contributed by atoms with Crippen molar-refractivity contribution in [3.05, 3.63) is 53.4 Å². The smallest absolute Gasteiger partial charge is 0.337 e. The molecule has 0 amide bonds. The molecule has 0 aliphatic rings. The van der Waals surface area contributed by atoms with Crippen LogP contribution in [0.5, 0.6) is 11.8 Å². The maximum absolute atomic E-state index is 11.3. The summed E-state index contributed by atoms with van der Waals surface area (Å²) in [5, 5.41) is 0. The van der Waals surface area contributed by atoms with E-state index >= 15 is 0 Å². The molecule has 108 valence electrons. The minimum absolute atomic E-state index is 0.265. The molecule has 0 spiro atoms. The van der Waals surface area contributed by atoms with Gasteiger partial charge in [0.25, 0.3) is 0 Å². The highest BCUT2D eigenvalue weighted by molar-refractivity contribution is 5.89. The number of aryl methyl sites for hydroxylation is 2. The molecule has 0 fully saturated rings. The van der Waals surface area contributed by atoms with Gasteiger partial charge in [0.15, 0.2) is 0 Å². The Bertz CT molecular complexity index is 655. The summed E-state index contributed by atoms with van der Waals surface area (Å²) >= 11 is 0. The fourth-order valence-corrected chi connectivity index (χ4v) is 1.92. The average Bonchev–Trinajstić information content (AvgIpc) is 2.47. The van der Waals surface area contributed by atoms with Crippen molar-refractivity contribution in [1.29, 1.82) is 0 Å². The molecule has 0 radical (unpaired) electrons. The SMILES string of the molecule is C=Cc1c(C)nc(Oc2ccc(C(=O)OC)cc2)nc1C. The van der Waals surface area contributed by atoms with Crippen molar-refractivity contribution in [3.63, 3.8) is 0 Å². The second-order valence-corrected chi connectivity index (χ2v) is 4.41. The molecule has 0 saturated heterocycles. The molecule has 5 heteroatoms. The molecular formula is C16H16N2O3. The van der Waals surface area contributed by atoms with Gasteiger partial charge in [-0.2, -0.15) is 9.97 Å². The summed E-state index contributed by atoms with van der Waals surface area (Å²) in [4.78, 5) is 19.9. The molecule has 1 aromatic heterocycles. The summed E-state index contributed by atoms with van der Waals surface area (Å²) in [6, 6.07) is 6.85. The number of aromatic nitrogens is 2. The van der Waals surface area contributed by atoms with Gasteiger partial charge >= 0.3 is 12.0 Å². The van der Waals surface area contributed by atoms with Crippen LogP contribution in [0.3, 0.4) is 0 Å². The van der Waals surface area contributed by atoms with Crippen LogP contribution in [0.25, 0.3) is 6.08 Å². The predicted molar refractivity (Wildman–Crippen MR) is 79.5 cm³/mol. The van der Waals surface area contributed by atoms with Gasteiger partial charge in [-0.05, 0) is 38.1 Å². The Morgan fingerprint density at radius 2 is 1.71 bits per heavy atom. The number of nitrogens with zero attached hydrogens (tertiary/aromatic N) is 2. The van der Waals surface area contributed by atoms with Crippen molar-refractivity contribution < 1.29 is 14.3 Å². The summed E-state index contributed by atoms with van der Waals surface area (Å²) in [6.45, 7) is 7.48. The van der Waals surface area contributed by atoms with Gasteiger partial charge in [-0.25, -0.2) is 4.79 Å². The number of carbonyl (C=O) groups excluding carboxylic acids is 1. The van der Waals surface area contributed by atoms with E-state index < -0.39 is 0 Å². The summed E-state index contributed by atoms with van der Waals surface area (Å²) in [5.74, 6) is 0.160. The van der Waals surface area contributed by atoms with Gasteiger partial charge in [-0.1, -0.05) is 12.7 Å². The van der Waals surface area contributed by atoms with E-state index in [1.165, 1.54) is 7.11 Å². The molecular weight excluding hydrogens is 268 g/mol. The third-order valence-corrected chi connectivity index (χ3v) is 2.99. The molecule has 2 rings (SSSR count). The quantitative estimate of drug-likeness (QED) is 0.806. The molecule has 0 aliphatic carbocycles. The number of ether oxygens (including phenoxy) is 2. The molecule has 0 saturated carbocycles. The number of hydrogen-bond acceptors (Lipinski definition) is 5. The van der Waals surface area contributed by atoms with E-state index in [2.05, 4.69) is 21.3 Å². The van der Waals surface area contributed by atoms with Crippen LogP contribution < -0.4 is 4.74 Å². The van der Waals surface area contributed by atoms with Gasteiger partial charge in [-0.3, -0.25) is 0 Å². The lowest BCUT2D eigenvalue weighted by molar-refractivity contribution is 0.0600. The first-order valence-corrected chi connectivity index (χ1v) is 6.39. The van der Waals surface area contributed by atoms with Crippen molar-refractivity contribution >= 4 is 12.0 Å². The van der Waals surface area contributed by atoms with Crippen LogP contribution in [0.2, 0.25) is 0 Å². The molecule has 0 bridgehead atoms. The Morgan fingerprint density at radius 3 is 2.19 bits per heavy atom. The Kier molecular flexibility index (Phi) is 4.33. The average molecular weight is 284 g/mol. The molecule has 1 heterocycles. The lowest BCUT2D eigenvalue weighted by Gasteiger charge is -2.08. The van der Waals surface area contributed by atoms with Crippen molar-refractivity contribution in [1.82, 2.24) is 9.97 Å². The van der Waals surface area contributed by atoms with Crippen LogP contribution in [-0.2, 0) is 4.74 Å². The van der Waals surface area contributed by atoms with Crippen LogP contribution in [0.1, 0.15) is 27.3 Å². The molecule has 1 aromatic carbocycles. The van der Waals surface area contributed by atoms with Gasteiger partial charge < -0.3 is 9.47 Å². The standard InChI is InChI=1S/C16H16N2O3/c1-5-14-10(2)17-16(18-11(14)3)21-13-8-6-12(7-9-13)15(19)20-4/h5-9H,1H2,2-4H3. The number of methoxy groups -OCH3 is 1. The normalized spacial score (nSPS) is 10.0. The zero-order valence-corrected chi connectivity index (χ0v) is 12.2. The minimum Gasteiger partial charge on any atom is -0.465 e. The van der Waals surface area contributed by atoms with Crippen molar-refractivity contribution in [2.24, 2.45) is 0 Å². The highest BCUT2D eigenvalue weighted by Crippen LogP contribution is 2.21. The molecule has 21 heavy (non-hydrogen) atoms. The van der Waals surface area contributed by atoms with Crippen molar-refractivity contribution in [3.8, 4) is 11.8 Å². The molecule has 5 nitrogen and oxygen atoms in total. The number of benzene rings is 1. The third kappa shape index (κ3) is 3.25. The van der Waals surface area contributed by atoms with E-state index in [1.54, 1.807) is 30.3 Å². The first-order valence-electron chi connectivity index (χ1n) is 6.39. The molecule has 0 atom stereocenters. The van der Waals surface area contributed by atoms with Gasteiger partial charge in [0.1, 0.15) is 5.75 Å². The van der Waals surface area contributed by atoms with Crippen LogP contribution >= 0.6 is 0 Å².